The fraction of sp³-hybridized carbons (Fsp3) is 0.304. The van der Waals surface area contributed by atoms with E-state index in [-0.39, 0.29) is 12.5 Å². The monoisotopic (exact) mass is 394 g/mol. The van der Waals surface area contributed by atoms with Crippen molar-refractivity contribution in [1.82, 2.24) is 5.32 Å². The van der Waals surface area contributed by atoms with Crippen LogP contribution in [0.2, 0.25) is 0 Å². The highest BCUT2D eigenvalue weighted by molar-refractivity contribution is 6.01. The molecule has 0 saturated heterocycles. The number of oxime groups is 1. The Balaban J connectivity index is 2.11. The summed E-state index contributed by atoms with van der Waals surface area (Å²) in [5, 5.41) is 7.00. The minimum Gasteiger partial charge on any atom is -0.493 e. The van der Waals surface area contributed by atoms with Crippen molar-refractivity contribution in [2.24, 2.45) is 5.16 Å². The van der Waals surface area contributed by atoms with Crippen LogP contribution in [0.1, 0.15) is 32.3 Å². The predicted molar refractivity (Wildman–Crippen MR) is 115 cm³/mol. The van der Waals surface area contributed by atoms with Gasteiger partial charge in [0.25, 0.3) is 0 Å². The number of hydrogen-bond acceptors (Lipinski definition) is 5. The Morgan fingerprint density at radius 2 is 2.21 bits per heavy atom. The molecular formula is C23H26N2O4. The molecule has 0 fully saturated rings. The van der Waals surface area contributed by atoms with E-state index >= 15 is 0 Å². The summed E-state index contributed by atoms with van der Waals surface area (Å²) in [4.78, 5) is 17.5. The van der Waals surface area contributed by atoms with Gasteiger partial charge in [0.1, 0.15) is 13.2 Å². The van der Waals surface area contributed by atoms with Crippen LogP contribution < -0.4 is 14.8 Å². The molecule has 0 atom stereocenters. The number of allylic oxidation sites excluding steroid dienone is 3. The van der Waals surface area contributed by atoms with Gasteiger partial charge in [-0.1, -0.05) is 23.2 Å². The zero-order chi connectivity index (χ0) is 21.1. The maximum absolute atomic E-state index is 12.4. The highest BCUT2D eigenvalue weighted by Gasteiger charge is 2.13. The minimum atomic E-state index is -0.236. The summed E-state index contributed by atoms with van der Waals surface area (Å²) in [6.45, 7) is 4.41. The highest BCUT2D eigenvalue weighted by atomic mass is 16.6. The lowest BCUT2D eigenvalue weighted by Gasteiger charge is -2.16. The number of carbonyl (C=O) groups is 1. The van der Waals surface area contributed by atoms with E-state index < -0.39 is 0 Å². The van der Waals surface area contributed by atoms with Crippen LogP contribution in [0.15, 0.2) is 52.9 Å². The maximum atomic E-state index is 12.4. The third-order valence-electron chi connectivity index (χ3n) is 4.12. The Labute approximate surface area is 171 Å². The number of nitrogens with zero attached hydrogens (tertiary/aromatic N) is 1. The minimum absolute atomic E-state index is 0.158. The number of benzene rings is 1. The number of rotatable bonds is 9. The topological polar surface area (TPSA) is 69.2 Å². The van der Waals surface area contributed by atoms with Crippen molar-refractivity contribution < 1.29 is 19.1 Å². The second kappa shape index (κ2) is 11.4. The van der Waals surface area contributed by atoms with Gasteiger partial charge in [-0.3, -0.25) is 4.79 Å². The molecule has 29 heavy (non-hydrogen) atoms. The largest absolute Gasteiger partial charge is 0.493 e. The molecule has 1 amide bonds. The second-order valence-electron chi connectivity index (χ2n) is 6.15. The molecule has 0 unspecified atom stereocenters. The van der Waals surface area contributed by atoms with Crippen molar-refractivity contribution in [1.29, 1.82) is 0 Å². The fourth-order valence-electron chi connectivity index (χ4n) is 2.75. The van der Waals surface area contributed by atoms with Gasteiger partial charge in [-0.2, -0.15) is 0 Å². The van der Waals surface area contributed by atoms with Crippen LogP contribution in [0, 0.1) is 12.3 Å². The van der Waals surface area contributed by atoms with Crippen molar-refractivity contribution in [2.75, 3.05) is 20.3 Å². The normalized spacial score (nSPS) is 13.9. The van der Waals surface area contributed by atoms with E-state index in [0.29, 0.717) is 18.1 Å². The quantitative estimate of drug-likeness (QED) is 0.299. The molecule has 1 aliphatic rings. The Morgan fingerprint density at radius 1 is 1.38 bits per heavy atom. The SMILES string of the molecule is C#CCOc1ccc(/C=C/C(=O)NC2=C(/C(C)=N/OCC)CCC=C2)cc1OC. The number of methoxy groups -OCH3 is 1. The zero-order valence-corrected chi connectivity index (χ0v) is 17.0. The fourth-order valence-corrected chi connectivity index (χ4v) is 2.75. The average molecular weight is 394 g/mol. The van der Waals surface area contributed by atoms with Crippen LogP contribution >= 0.6 is 0 Å². The number of terminal acetylenes is 1. The summed E-state index contributed by atoms with van der Waals surface area (Å²) in [6.07, 6.45) is 14.0. The molecule has 1 aliphatic carbocycles. The van der Waals surface area contributed by atoms with E-state index in [0.717, 1.165) is 35.4 Å². The Hall–Kier alpha value is -3.46. The molecule has 0 bridgehead atoms. The molecule has 1 aromatic carbocycles. The standard InChI is InChI=1S/C23H26N2O4/c1-5-15-28-21-13-11-18(16-22(21)27-4)12-14-23(26)24-20-10-8-7-9-19(20)17(3)25-29-6-2/h1,8,10-14,16H,6-7,9,15H2,2-4H3,(H,24,26)/b14-12+,25-17+. The van der Waals surface area contributed by atoms with Gasteiger partial charge >= 0.3 is 0 Å². The number of carbonyl (C=O) groups excluding carboxylic acids is 1. The van der Waals surface area contributed by atoms with Crippen molar-refractivity contribution >= 4 is 17.7 Å². The lowest BCUT2D eigenvalue weighted by Crippen LogP contribution is -2.23. The van der Waals surface area contributed by atoms with Crippen LogP contribution in [-0.4, -0.2) is 31.9 Å². The molecule has 6 heteroatoms. The van der Waals surface area contributed by atoms with Gasteiger partial charge in [-0.05, 0) is 56.5 Å². The van der Waals surface area contributed by atoms with Crippen LogP contribution in [0.25, 0.3) is 6.08 Å². The number of amides is 1. The van der Waals surface area contributed by atoms with Gasteiger partial charge < -0.3 is 19.6 Å². The first-order chi connectivity index (χ1) is 14.1. The van der Waals surface area contributed by atoms with Crippen LogP contribution in [0.4, 0.5) is 0 Å². The van der Waals surface area contributed by atoms with E-state index in [9.17, 15) is 4.79 Å². The van der Waals surface area contributed by atoms with E-state index in [1.807, 2.05) is 32.1 Å². The van der Waals surface area contributed by atoms with Crippen LogP contribution in [0.3, 0.4) is 0 Å². The lowest BCUT2D eigenvalue weighted by molar-refractivity contribution is -0.115. The van der Waals surface area contributed by atoms with Gasteiger partial charge in [0.15, 0.2) is 11.5 Å². The number of hydrogen-bond donors (Lipinski definition) is 1. The molecule has 152 valence electrons. The molecule has 0 spiro atoms. The van der Waals surface area contributed by atoms with Crippen molar-refractivity contribution in [3.05, 3.63) is 53.3 Å². The summed E-state index contributed by atoms with van der Waals surface area (Å²) >= 11 is 0. The Bertz CT molecular complexity index is 889. The molecule has 0 aliphatic heterocycles. The summed E-state index contributed by atoms with van der Waals surface area (Å²) in [6, 6.07) is 5.35. The number of ether oxygens (including phenoxy) is 2. The molecule has 2 rings (SSSR count). The first-order valence-corrected chi connectivity index (χ1v) is 9.39. The summed E-state index contributed by atoms with van der Waals surface area (Å²) in [5.74, 6) is 3.28. The molecule has 0 heterocycles. The lowest BCUT2D eigenvalue weighted by atomic mass is 9.98. The summed E-state index contributed by atoms with van der Waals surface area (Å²) in [5.41, 5.74) is 3.28. The third-order valence-corrected chi connectivity index (χ3v) is 4.12. The molecule has 1 aromatic rings. The van der Waals surface area contributed by atoms with E-state index in [1.54, 1.807) is 25.3 Å². The highest BCUT2D eigenvalue weighted by Crippen LogP contribution is 2.28. The van der Waals surface area contributed by atoms with Gasteiger partial charge in [0.05, 0.1) is 12.8 Å². The van der Waals surface area contributed by atoms with Crippen molar-refractivity contribution in [3.8, 4) is 23.8 Å². The Morgan fingerprint density at radius 3 is 2.93 bits per heavy atom. The van der Waals surface area contributed by atoms with E-state index in [4.69, 9.17) is 20.7 Å². The molecule has 1 N–H and O–H groups in total. The van der Waals surface area contributed by atoms with Gasteiger partial charge in [0.2, 0.25) is 5.91 Å². The third kappa shape index (κ3) is 6.58. The van der Waals surface area contributed by atoms with E-state index in [2.05, 4.69) is 16.4 Å². The van der Waals surface area contributed by atoms with Crippen molar-refractivity contribution in [2.45, 2.75) is 26.7 Å². The molecule has 6 nitrogen and oxygen atoms in total. The Kier molecular flexibility index (Phi) is 8.58. The summed E-state index contributed by atoms with van der Waals surface area (Å²) < 4.78 is 10.7. The van der Waals surface area contributed by atoms with E-state index in [1.165, 1.54) is 6.08 Å². The maximum Gasteiger partial charge on any atom is 0.248 e. The molecule has 0 radical (unpaired) electrons. The van der Waals surface area contributed by atoms with Gasteiger partial charge in [-0.25, -0.2) is 0 Å². The number of nitrogens with one attached hydrogen (secondary N) is 1. The molecule has 0 saturated carbocycles. The molecular weight excluding hydrogens is 368 g/mol. The van der Waals surface area contributed by atoms with Gasteiger partial charge in [-0.15, -0.1) is 6.42 Å². The van der Waals surface area contributed by atoms with Crippen LogP contribution in [0.5, 0.6) is 11.5 Å². The average Bonchev–Trinajstić information content (AvgIpc) is 2.75. The van der Waals surface area contributed by atoms with Crippen LogP contribution in [-0.2, 0) is 9.63 Å². The first kappa shape index (κ1) is 21.8. The molecule has 0 aromatic heterocycles. The smallest absolute Gasteiger partial charge is 0.248 e. The second-order valence-corrected chi connectivity index (χ2v) is 6.15. The summed E-state index contributed by atoms with van der Waals surface area (Å²) in [7, 11) is 1.55. The van der Waals surface area contributed by atoms with Gasteiger partial charge in [0, 0.05) is 17.3 Å². The van der Waals surface area contributed by atoms with Crippen molar-refractivity contribution in [3.63, 3.8) is 0 Å². The predicted octanol–water partition coefficient (Wildman–Crippen LogP) is 3.85. The zero-order valence-electron chi connectivity index (χ0n) is 17.0. The first-order valence-electron chi connectivity index (χ1n) is 9.39.